The second kappa shape index (κ2) is 6.32. The molecule has 1 aliphatic rings. The van der Waals surface area contributed by atoms with E-state index in [2.05, 4.69) is 6.92 Å². The Labute approximate surface area is 136 Å². The molecule has 0 aliphatic carbocycles. The first-order valence-corrected chi connectivity index (χ1v) is 7.76. The molecule has 4 heteroatoms. The molecule has 0 radical (unpaired) electrons. The summed E-state index contributed by atoms with van der Waals surface area (Å²) < 4.78 is 10.7. The summed E-state index contributed by atoms with van der Waals surface area (Å²) >= 11 is 0. The zero-order chi connectivity index (χ0) is 16.4. The Morgan fingerprint density at radius 3 is 2.65 bits per heavy atom. The van der Waals surface area contributed by atoms with Crippen molar-refractivity contribution in [1.29, 1.82) is 0 Å². The molecule has 1 aliphatic heterocycles. The molecule has 0 bridgehead atoms. The molecule has 0 spiro atoms. The number of benzene rings is 2. The van der Waals surface area contributed by atoms with E-state index in [4.69, 9.17) is 9.47 Å². The Balaban J connectivity index is 2.04. The molecule has 0 fully saturated rings. The van der Waals surface area contributed by atoms with Crippen molar-refractivity contribution in [2.75, 3.05) is 25.7 Å². The van der Waals surface area contributed by atoms with Gasteiger partial charge in [0.1, 0.15) is 11.5 Å². The van der Waals surface area contributed by atoms with Gasteiger partial charge in [0.2, 0.25) is 0 Å². The highest BCUT2D eigenvalue weighted by Crippen LogP contribution is 2.34. The molecule has 1 atom stereocenters. The van der Waals surface area contributed by atoms with Gasteiger partial charge in [-0.3, -0.25) is 4.79 Å². The number of hydrogen-bond donors (Lipinski definition) is 0. The van der Waals surface area contributed by atoms with Crippen molar-refractivity contribution < 1.29 is 14.3 Å². The third-order valence-corrected chi connectivity index (χ3v) is 4.23. The zero-order valence-electron chi connectivity index (χ0n) is 13.7. The Morgan fingerprint density at radius 2 is 1.91 bits per heavy atom. The zero-order valence-corrected chi connectivity index (χ0v) is 13.7. The van der Waals surface area contributed by atoms with Gasteiger partial charge in [-0.1, -0.05) is 25.1 Å². The molecule has 0 aromatic heterocycles. The lowest BCUT2D eigenvalue weighted by Gasteiger charge is -2.33. The molecular weight excluding hydrogens is 290 g/mol. The number of hydrogen-bond acceptors (Lipinski definition) is 3. The summed E-state index contributed by atoms with van der Waals surface area (Å²) in [4.78, 5) is 14.9. The normalized spacial score (nSPS) is 16.7. The predicted octanol–water partition coefficient (Wildman–Crippen LogP) is 3.54. The molecule has 1 amide bonds. The van der Waals surface area contributed by atoms with Crippen LogP contribution in [0.15, 0.2) is 42.5 Å². The Kier molecular flexibility index (Phi) is 4.24. The van der Waals surface area contributed by atoms with E-state index in [-0.39, 0.29) is 5.91 Å². The first-order chi connectivity index (χ1) is 11.1. The number of nitrogens with zero attached hydrogens (tertiary/aromatic N) is 1. The maximum absolute atomic E-state index is 13.1. The van der Waals surface area contributed by atoms with E-state index in [1.807, 2.05) is 41.3 Å². The van der Waals surface area contributed by atoms with Crippen molar-refractivity contribution in [2.45, 2.75) is 13.3 Å². The average Bonchev–Trinajstić information content (AvgIpc) is 2.59. The van der Waals surface area contributed by atoms with Crippen molar-refractivity contribution in [3.05, 3.63) is 53.6 Å². The number of anilines is 1. The molecule has 2 aromatic rings. The van der Waals surface area contributed by atoms with Crippen LogP contribution in [0.25, 0.3) is 0 Å². The highest BCUT2D eigenvalue weighted by molar-refractivity contribution is 6.08. The first-order valence-electron chi connectivity index (χ1n) is 7.76. The molecule has 0 saturated carbocycles. The van der Waals surface area contributed by atoms with Crippen molar-refractivity contribution in [3.8, 4) is 11.5 Å². The fourth-order valence-electron chi connectivity index (χ4n) is 3.10. The van der Waals surface area contributed by atoms with E-state index in [9.17, 15) is 4.79 Å². The average molecular weight is 311 g/mol. The van der Waals surface area contributed by atoms with Gasteiger partial charge in [0, 0.05) is 12.6 Å². The Morgan fingerprint density at radius 1 is 1.13 bits per heavy atom. The molecule has 1 heterocycles. The largest absolute Gasteiger partial charge is 0.497 e. The lowest BCUT2D eigenvalue weighted by Crippen LogP contribution is -2.39. The van der Waals surface area contributed by atoms with E-state index >= 15 is 0 Å². The van der Waals surface area contributed by atoms with Gasteiger partial charge in [-0.15, -0.1) is 0 Å². The molecule has 120 valence electrons. The summed E-state index contributed by atoms with van der Waals surface area (Å²) in [7, 11) is 3.22. The van der Waals surface area contributed by atoms with Gasteiger partial charge >= 0.3 is 0 Å². The summed E-state index contributed by atoms with van der Waals surface area (Å²) in [5, 5.41) is 0. The van der Waals surface area contributed by atoms with Crippen molar-refractivity contribution in [2.24, 2.45) is 5.92 Å². The van der Waals surface area contributed by atoms with Gasteiger partial charge in [0.25, 0.3) is 5.91 Å². The highest BCUT2D eigenvalue weighted by atomic mass is 16.5. The number of rotatable bonds is 3. The standard InChI is InChI=1S/C19H21NO3/c1-13-10-14-8-9-15(22-2)11-17(14)20(12-13)19(21)16-6-4-5-7-18(16)23-3/h4-9,11,13H,10,12H2,1-3H3. The summed E-state index contributed by atoms with van der Waals surface area (Å²) in [5.74, 6) is 1.73. The number of carbonyl (C=O) groups excluding carboxylic acids is 1. The van der Waals surface area contributed by atoms with E-state index in [0.717, 1.165) is 17.9 Å². The number of amides is 1. The third-order valence-electron chi connectivity index (χ3n) is 4.23. The Bertz CT molecular complexity index is 726. The maximum atomic E-state index is 13.1. The van der Waals surface area contributed by atoms with Gasteiger partial charge in [-0.25, -0.2) is 0 Å². The van der Waals surface area contributed by atoms with Crippen molar-refractivity contribution in [3.63, 3.8) is 0 Å². The number of ether oxygens (including phenoxy) is 2. The second-order valence-corrected chi connectivity index (χ2v) is 5.92. The van der Waals surface area contributed by atoms with Gasteiger partial charge in [0.05, 0.1) is 25.5 Å². The van der Waals surface area contributed by atoms with Crippen LogP contribution in [-0.4, -0.2) is 26.7 Å². The van der Waals surface area contributed by atoms with Crippen LogP contribution >= 0.6 is 0 Å². The summed E-state index contributed by atoms with van der Waals surface area (Å²) in [6, 6.07) is 13.3. The monoisotopic (exact) mass is 311 g/mol. The van der Waals surface area contributed by atoms with Crippen LogP contribution in [0.2, 0.25) is 0 Å². The van der Waals surface area contributed by atoms with Crippen LogP contribution < -0.4 is 14.4 Å². The molecule has 3 rings (SSSR count). The lowest BCUT2D eigenvalue weighted by molar-refractivity contribution is 0.0978. The SMILES string of the molecule is COc1ccc2c(c1)N(C(=O)c1ccccc1OC)CC(C)C2. The van der Waals surface area contributed by atoms with Crippen LogP contribution in [0.3, 0.4) is 0 Å². The van der Waals surface area contributed by atoms with Crippen LogP contribution in [0.5, 0.6) is 11.5 Å². The lowest BCUT2D eigenvalue weighted by atomic mass is 9.93. The van der Waals surface area contributed by atoms with Crippen LogP contribution in [0.1, 0.15) is 22.8 Å². The molecule has 0 N–H and O–H groups in total. The van der Waals surface area contributed by atoms with Gasteiger partial charge in [-0.05, 0) is 36.1 Å². The smallest absolute Gasteiger partial charge is 0.262 e. The number of fused-ring (bicyclic) bond motifs is 1. The molecular formula is C19H21NO3. The quantitative estimate of drug-likeness (QED) is 0.870. The van der Waals surface area contributed by atoms with E-state index in [0.29, 0.717) is 23.8 Å². The minimum absolute atomic E-state index is 0.0384. The minimum atomic E-state index is -0.0384. The van der Waals surface area contributed by atoms with Gasteiger partial charge < -0.3 is 14.4 Å². The second-order valence-electron chi connectivity index (χ2n) is 5.92. The predicted molar refractivity (Wildman–Crippen MR) is 90.5 cm³/mol. The molecule has 23 heavy (non-hydrogen) atoms. The summed E-state index contributed by atoms with van der Waals surface area (Å²) in [6.07, 6.45) is 0.967. The number of methoxy groups -OCH3 is 2. The maximum Gasteiger partial charge on any atom is 0.262 e. The first kappa shape index (κ1) is 15.4. The molecule has 4 nitrogen and oxygen atoms in total. The number of para-hydroxylation sites is 1. The molecule has 1 unspecified atom stereocenters. The van der Waals surface area contributed by atoms with Gasteiger partial charge in [-0.2, -0.15) is 0 Å². The third kappa shape index (κ3) is 2.89. The van der Waals surface area contributed by atoms with Crippen molar-refractivity contribution >= 4 is 11.6 Å². The van der Waals surface area contributed by atoms with Crippen LogP contribution in [0, 0.1) is 5.92 Å². The van der Waals surface area contributed by atoms with E-state index in [1.54, 1.807) is 20.3 Å². The fourth-order valence-corrected chi connectivity index (χ4v) is 3.10. The van der Waals surface area contributed by atoms with Crippen molar-refractivity contribution in [1.82, 2.24) is 0 Å². The number of carbonyl (C=O) groups is 1. The fraction of sp³-hybridized carbons (Fsp3) is 0.316. The Hall–Kier alpha value is -2.49. The van der Waals surface area contributed by atoms with E-state index in [1.165, 1.54) is 5.56 Å². The van der Waals surface area contributed by atoms with Crippen LogP contribution in [0.4, 0.5) is 5.69 Å². The summed E-state index contributed by atoms with van der Waals surface area (Å²) in [6.45, 7) is 2.85. The van der Waals surface area contributed by atoms with Gasteiger partial charge in [0.15, 0.2) is 0 Å². The molecule has 0 saturated heterocycles. The van der Waals surface area contributed by atoms with Crippen LogP contribution in [-0.2, 0) is 6.42 Å². The molecule has 2 aromatic carbocycles. The minimum Gasteiger partial charge on any atom is -0.497 e. The topological polar surface area (TPSA) is 38.8 Å². The highest BCUT2D eigenvalue weighted by Gasteiger charge is 2.29. The summed E-state index contributed by atoms with van der Waals surface area (Å²) in [5.41, 5.74) is 2.68. The van der Waals surface area contributed by atoms with E-state index < -0.39 is 0 Å².